The maximum atomic E-state index is 9.10. The standard InChI is InChI=1S/C10H12N2OS.C2H2O4/c1-13-8-4-2-7(3-5-8)9-6-14-10(11)12-9;3-1(4)2(5)6/h2-5,9H,6H2,1H3,(H2,11,12);(H,3,4)(H,5,6). The van der Waals surface area contributed by atoms with Crippen molar-refractivity contribution in [2.75, 3.05) is 12.9 Å². The molecule has 1 aromatic carbocycles. The van der Waals surface area contributed by atoms with Gasteiger partial charge in [-0.2, -0.15) is 0 Å². The number of nitrogens with zero attached hydrogens (tertiary/aromatic N) is 1. The number of hydrogen-bond acceptors (Lipinski definition) is 6. The molecule has 1 atom stereocenters. The van der Waals surface area contributed by atoms with Gasteiger partial charge in [-0.05, 0) is 17.7 Å². The molecule has 0 saturated heterocycles. The zero-order valence-corrected chi connectivity index (χ0v) is 11.5. The van der Waals surface area contributed by atoms with E-state index in [4.69, 9.17) is 30.3 Å². The largest absolute Gasteiger partial charge is 0.497 e. The summed E-state index contributed by atoms with van der Waals surface area (Å²) in [4.78, 5) is 22.5. The molecule has 1 unspecified atom stereocenters. The maximum Gasteiger partial charge on any atom is 0.414 e. The third-order valence-corrected chi connectivity index (χ3v) is 3.24. The van der Waals surface area contributed by atoms with Crippen molar-refractivity contribution in [1.82, 2.24) is 0 Å². The van der Waals surface area contributed by atoms with E-state index in [1.165, 1.54) is 5.56 Å². The van der Waals surface area contributed by atoms with E-state index >= 15 is 0 Å². The molecule has 0 bridgehead atoms. The summed E-state index contributed by atoms with van der Waals surface area (Å²) in [5, 5.41) is 15.5. The molecule has 0 spiro atoms. The Balaban J connectivity index is 0.000000286. The monoisotopic (exact) mass is 298 g/mol. The molecule has 0 aromatic heterocycles. The van der Waals surface area contributed by atoms with Crippen molar-refractivity contribution in [2.24, 2.45) is 10.7 Å². The molecule has 0 aliphatic carbocycles. The number of nitrogens with two attached hydrogens (primary N) is 1. The Kier molecular flexibility index (Phi) is 5.85. The fraction of sp³-hybridized carbons (Fsp3) is 0.250. The number of aliphatic carboxylic acids is 2. The van der Waals surface area contributed by atoms with E-state index in [-0.39, 0.29) is 6.04 Å². The van der Waals surface area contributed by atoms with Crippen molar-refractivity contribution in [3.63, 3.8) is 0 Å². The summed E-state index contributed by atoms with van der Waals surface area (Å²) in [5.41, 5.74) is 6.80. The summed E-state index contributed by atoms with van der Waals surface area (Å²) in [7, 11) is 1.66. The summed E-state index contributed by atoms with van der Waals surface area (Å²) in [6, 6.07) is 8.18. The lowest BCUT2D eigenvalue weighted by atomic mass is 10.1. The summed E-state index contributed by atoms with van der Waals surface area (Å²) in [5.74, 6) is -1.83. The zero-order valence-electron chi connectivity index (χ0n) is 10.6. The highest BCUT2D eigenvalue weighted by molar-refractivity contribution is 8.14. The number of ether oxygens (including phenoxy) is 1. The topological polar surface area (TPSA) is 122 Å². The Morgan fingerprint density at radius 2 is 1.85 bits per heavy atom. The zero-order chi connectivity index (χ0) is 15.1. The fourth-order valence-corrected chi connectivity index (χ4v) is 2.19. The molecule has 8 heteroatoms. The summed E-state index contributed by atoms with van der Waals surface area (Å²) in [6.45, 7) is 0. The van der Waals surface area contributed by atoms with Crippen LogP contribution in [0.5, 0.6) is 5.75 Å². The third kappa shape index (κ3) is 4.81. The molecule has 1 heterocycles. The minimum absolute atomic E-state index is 0.214. The molecule has 0 radical (unpaired) electrons. The maximum absolute atomic E-state index is 9.10. The van der Waals surface area contributed by atoms with Gasteiger partial charge in [-0.25, -0.2) is 9.59 Å². The molecule has 20 heavy (non-hydrogen) atoms. The number of aliphatic imine (C=N–C) groups is 1. The van der Waals surface area contributed by atoms with Crippen LogP contribution in [0.1, 0.15) is 11.6 Å². The number of rotatable bonds is 2. The molecule has 4 N–H and O–H groups in total. The highest BCUT2D eigenvalue weighted by atomic mass is 32.2. The summed E-state index contributed by atoms with van der Waals surface area (Å²) < 4.78 is 5.09. The first-order valence-corrected chi connectivity index (χ1v) is 6.49. The van der Waals surface area contributed by atoms with Gasteiger partial charge in [0.1, 0.15) is 5.75 Å². The second-order valence-electron chi connectivity index (χ2n) is 3.68. The normalized spacial score (nSPS) is 16.6. The molecule has 1 aliphatic rings. The van der Waals surface area contributed by atoms with E-state index in [9.17, 15) is 0 Å². The Labute approximate surface area is 119 Å². The molecule has 0 saturated carbocycles. The van der Waals surface area contributed by atoms with Gasteiger partial charge in [-0.1, -0.05) is 23.9 Å². The molecule has 108 valence electrons. The predicted molar refractivity (Wildman–Crippen MR) is 75.1 cm³/mol. The molecule has 0 fully saturated rings. The van der Waals surface area contributed by atoms with Crippen LogP contribution < -0.4 is 10.5 Å². The molecule has 2 rings (SSSR count). The second kappa shape index (κ2) is 7.39. The minimum atomic E-state index is -1.82. The molecule has 1 aliphatic heterocycles. The highest BCUT2D eigenvalue weighted by Crippen LogP contribution is 2.29. The van der Waals surface area contributed by atoms with Gasteiger partial charge in [0.2, 0.25) is 0 Å². The first-order chi connectivity index (χ1) is 9.43. The Morgan fingerprint density at radius 1 is 1.30 bits per heavy atom. The average molecular weight is 298 g/mol. The van der Waals surface area contributed by atoms with Crippen molar-refractivity contribution in [3.05, 3.63) is 29.8 Å². The molecular formula is C12H14N2O5S. The lowest BCUT2D eigenvalue weighted by Crippen LogP contribution is -2.09. The number of thioether (sulfide) groups is 1. The van der Waals surface area contributed by atoms with Crippen molar-refractivity contribution in [2.45, 2.75) is 6.04 Å². The Bertz CT molecular complexity index is 503. The summed E-state index contributed by atoms with van der Waals surface area (Å²) in [6.07, 6.45) is 0. The van der Waals surface area contributed by atoms with Crippen LogP contribution in [0.2, 0.25) is 0 Å². The van der Waals surface area contributed by atoms with Gasteiger partial charge >= 0.3 is 11.9 Å². The van der Waals surface area contributed by atoms with Crippen molar-refractivity contribution >= 4 is 28.9 Å². The lowest BCUT2D eigenvalue weighted by molar-refractivity contribution is -0.159. The first kappa shape index (κ1) is 15.8. The number of amidine groups is 1. The van der Waals surface area contributed by atoms with Gasteiger partial charge in [-0.3, -0.25) is 4.99 Å². The van der Waals surface area contributed by atoms with Gasteiger partial charge in [0.25, 0.3) is 0 Å². The number of hydrogen-bond donors (Lipinski definition) is 3. The van der Waals surface area contributed by atoms with Gasteiger partial charge in [0.05, 0.1) is 13.2 Å². The Morgan fingerprint density at radius 3 is 2.20 bits per heavy atom. The SMILES string of the molecule is COc1ccc(C2CSC(N)=N2)cc1.O=C(O)C(=O)O. The van der Waals surface area contributed by atoms with Crippen LogP contribution in [0.3, 0.4) is 0 Å². The molecule has 1 aromatic rings. The van der Waals surface area contributed by atoms with Crippen LogP contribution in [0.4, 0.5) is 0 Å². The van der Waals surface area contributed by atoms with Crippen molar-refractivity contribution < 1.29 is 24.5 Å². The first-order valence-electron chi connectivity index (χ1n) is 5.50. The van der Waals surface area contributed by atoms with Gasteiger partial charge in [-0.15, -0.1) is 0 Å². The Hall–Kier alpha value is -2.22. The third-order valence-electron chi connectivity index (χ3n) is 2.36. The van der Waals surface area contributed by atoms with Crippen molar-refractivity contribution in [1.29, 1.82) is 0 Å². The van der Waals surface area contributed by atoms with Crippen LogP contribution in [0, 0.1) is 0 Å². The van der Waals surface area contributed by atoms with Crippen LogP contribution in [-0.4, -0.2) is 40.2 Å². The minimum Gasteiger partial charge on any atom is -0.497 e. The van der Waals surface area contributed by atoms with Gasteiger partial charge in [0.15, 0.2) is 5.17 Å². The molecular weight excluding hydrogens is 284 g/mol. The highest BCUT2D eigenvalue weighted by Gasteiger charge is 2.17. The van der Waals surface area contributed by atoms with E-state index in [1.807, 2.05) is 24.3 Å². The van der Waals surface area contributed by atoms with Gasteiger partial charge in [0, 0.05) is 5.75 Å². The number of carboxylic acid groups (broad SMARTS) is 2. The van der Waals surface area contributed by atoms with E-state index in [2.05, 4.69) is 4.99 Å². The second-order valence-corrected chi connectivity index (χ2v) is 4.72. The smallest absolute Gasteiger partial charge is 0.414 e. The number of methoxy groups -OCH3 is 1. The van der Waals surface area contributed by atoms with Crippen LogP contribution in [0.15, 0.2) is 29.3 Å². The quantitative estimate of drug-likeness (QED) is 0.695. The summed E-state index contributed by atoms with van der Waals surface area (Å²) >= 11 is 1.61. The van der Waals surface area contributed by atoms with E-state index in [1.54, 1.807) is 18.9 Å². The number of benzene rings is 1. The number of carboxylic acids is 2. The van der Waals surface area contributed by atoms with Crippen LogP contribution >= 0.6 is 11.8 Å². The van der Waals surface area contributed by atoms with Gasteiger partial charge < -0.3 is 20.7 Å². The fourth-order valence-electron chi connectivity index (χ4n) is 1.39. The average Bonchev–Trinajstić information content (AvgIpc) is 2.86. The number of carbonyl (C=O) groups is 2. The van der Waals surface area contributed by atoms with Crippen molar-refractivity contribution in [3.8, 4) is 5.75 Å². The molecule has 0 amide bonds. The molecule has 7 nitrogen and oxygen atoms in total. The van der Waals surface area contributed by atoms with Crippen LogP contribution in [-0.2, 0) is 9.59 Å². The van der Waals surface area contributed by atoms with E-state index in [0.29, 0.717) is 5.17 Å². The van der Waals surface area contributed by atoms with E-state index in [0.717, 1.165) is 11.5 Å². The van der Waals surface area contributed by atoms with Crippen LogP contribution in [0.25, 0.3) is 0 Å². The predicted octanol–water partition coefficient (Wildman–Crippen LogP) is 0.953. The van der Waals surface area contributed by atoms with E-state index < -0.39 is 11.9 Å². The lowest BCUT2D eigenvalue weighted by Gasteiger charge is -2.06.